The van der Waals surface area contributed by atoms with Crippen LogP contribution in [0.4, 0.5) is 0 Å². The van der Waals surface area contributed by atoms with Gasteiger partial charge in [-0.1, -0.05) is 24.3 Å². The van der Waals surface area contributed by atoms with Crippen LogP contribution in [0.1, 0.15) is 44.7 Å². The van der Waals surface area contributed by atoms with Crippen LogP contribution in [0, 0.1) is 0 Å². The minimum Gasteiger partial charge on any atom is -0.475 e. The van der Waals surface area contributed by atoms with E-state index < -0.39 is 5.97 Å². The van der Waals surface area contributed by atoms with Crippen molar-refractivity contribution in [3.05, 3.63) is 59.0 Å². The molecule has 108 valence electrons. The average molecular weight is 285 g/mol. The molecule has 1 aromatic carbocycles. The predicted octanol–water partition coefficient (Wildman–Crippen LogP) is 2.74. The molecule has 1 unspecified atom stereocenters. The Kier molecular flexibility index (Phi) is 3.25. The highest BCUT2D eigenvalue weighted by molar-refractivity contribution is 5.93. The molecule has 3 rings (SSSR count). The molecule has 1 atom stereocenters. The smallest absolute Gasteiger partial charge is 0.371 e. The molecule has 0 fully saturated rings. The Morgan fingerprint density at radius 2 is 1.90 bits per heavy atom. The van der Waals surface area contributed by atoms with Gasteiger partial charge in [-0.05, 0) is 36.1 Å². The number of rotatable bonds is 3. The molecule has 0 radical (unpaired) electrons. The molecule has 0 aliphatic heterocycles. The molecule has 0 saturated heterocycles. The van der Waals surface area contributed by atoms with Gasteiger partial charge in [-0.25, -0.2) is 4.79 Å². The van der Waals surface area contributed by atoms with Gasteiger partial charge in [0, 0.05) is 7.05 Å². The Bertz CT molecular complexity index is 704. The topological polar surface area (TPSA) is 70.8 Å². The van der Waals surface area contributed by atoms with E-state index in [1.165, 1.54) is 17.7 Å². The van der Waals surface area contributed by atoms with Gasteiger partial charge < -0.3 is 14.4 Å². The Morgan fingerprint density at radius 3 is 2.62 bits per heavy atom. The summed E-state index contributed by atoms with van der Waals surface area (Å²) in [6.07, 6.45) is 1.81. The van der Waals surface area contributed by atoms with Gasteiger partial charge in [0.2, 0.25) is 5.76 Å². The van der Waals surface area contributed by atoms with Gasteiger partial charge in [-0.15, -0.1) is 0 Å². The van der Waals surface area contributed by atoms with Gasteiger partial charge >= 0.3 is 5.97 Å². The fourth-order valence-corrected chi connectivity index (χ4v) is 2.82. The molecular formula is C16H15NO4. The summed E-state index contributed by atoms with van der Waals surface area (Å²) in [7, 11) is 1.72. The quantitative estimate of drug-likeness (QED) is 0.941. The molecule has 21 heavy (non-hydrogen) atoms. The lowest BCUT2D eigenvalue weighted by Crippen LogP contribution is -2.29. The van der Waals surface area contributed by atoms with Crippen molar-refractivity contribution < 1.29 is 19.1 Å². The van der Waals surface area contributed by atoms with Crippen LogP contribution < -0.4 is 0 Å². The van der Waals surface area contributed by atoms with E-state index in [-0.39, 0.29) is 23.5 Å². The van der Waals surface area contributed by atoms with Crippen LogP contribution in [0.5, 0.6) is 0 Å². The van der Waals surface area contributed by atoms with E-state index in [0.717, 1.165) is 18.4 Å². The Hall–Kier alpha value is -2.56. The second kappa shape index (κ2) is 5.09. The largest absolute Gasteiger partial charge is 0.475 e. The first-order chi connectivity index (χ1) is 10.1. The average Bonchev–Trinajstić information content (AvgIpc) is 3.12. The molecule has 2 aromatic rings. The second-order valence-corrected chi connectivity index (χ2v) is 5.14. The minimum atomic E-state index is -1.18. The monoisotopic (exact) mass is 285 g/mol. The number of aryl methyl sites for hydroxylation is 1. The van der Waals surface area contributed by atoms with E-state index in [1.54, 1.807) is 11.9 Å². The van der Waals surface area contributed by atoms with Crippen LogP contribution in [-0.2, 0) is 6.42 Å². The van der Waals surface area contributed by atoms with Crippen molar-refractivity contribution in [2.75, 3.05) is 7.05 Å². The van der Waals surface area contributed by atoms with Crippen molar-refractivity contribution in [2.24, 2.45) is 0 Å². The number of carbonyl (C=O) groups is 2. The van der Waals surface area contributed by atoms with Crippen LogP contribution in [0.25, 0.3) is 0 Å². The van der Waals surface area contributed by atoms with Crippen LogP contribution in [-0.4, -0.2) is 28.9 Å². The number of hydrogen-bond donors (Lipinski definition) is 1. The number of carboxylic acids is 1. The zero-order valence-electron chi connectivity index (χ0n) is 11.6. The summed E-state index contributed by atoms with van der Waals surface area (Å²) in [5.74, 6) is -1.65. The summed E-state index contributed by atoms with van der Waals surface area (Å²) in [6, 6.07) is 10.8. The number of fused-ring (bicyclic) bond motifs is 1. The first kappa shape index (κ1) is 13.4. The van der Waals surface area contributed by atoms with Crippen LogP contribution in [0.2, 0.25) is 0 Å². The Balaban J connectivity index is 1.83. The van der Waals surface area contributed by atoms with Crippen molar-refractivity contribution >= 4 is 11.9 Å². The highest BCUT2D eigenvalue weighted by atomic mass is 16.4. The third kappa shape index (κ3) is 2.31. The van der Waals surface area contributed by atoms with Gasteiger partial charge in [0.1, 0.15) is 0 Å². The van der Waals surface area contributed by atoms with Crippen molar-refractivity contribution in [1.82, 2.24) is 4.90 Å². The van der Waals surface area contributed by atoms with E-state index >= 15 is 0 Å². The lowest BCUT2D eigenvalue weighted by molar-refractivity contribution is 0.0644. The first-order valence-electron chi connectivity index (χ1n) is 6.76. The maximum absolute atomic E-state index is 12.4. The summed E-state index contributed by atoms with van der Waals surface area (Å²) >= 11 is 0. The zero-order chi connectivity index (χ0) is 15.0. The molecule has 1 aromatic heterocycles. The number of benzene rings is 1. The van der Waals surface area contributed by atoms with Gasteiger partial charge in [-0.3, -0.25) is 4.79 Å². The third-order valence-electron chi connectivity index (χ3n) is 3.92. The van der Waals surface area contributed by atoms with Gasteiger partial charge in [0.05, 0.1) is 6.04 Å². The Morgan fingerprint density at radius 1 is 1.19 bits per heavy atom. The summed E-state index contributed by atoms with van der Waals surface area (Å²) in [4.78, 5) is 24.8. The van der Waals surface area contributed by atoms with Crippen molar-refractivity contribution in [3.63, 3.8) is 0 Å². The fourth-order valence-electron chi connectivity index (χ4n) is 2.82. The number of furan rings is 1. The minimum absolute atomic E-state index is 0.00655. The molecule has 1 aliphatic rings. The number of hydrogen-bond acceptors (Lipinski definition) is 3. The number of carboxylic acid groups (broad SMARTS) is 1. The van der Waals surface area contributed by atoms with Crippen molar-refractivity contribution in [3.8, 4) is 0 Å². The van der Waals surface area contributed by atoms with Gasteiger partial charge in [0.15, 0.2) is 5.76 Å². The first-order valence-corrected chi connectivity index (χ1v) is 6.76. The van der Waals surface area contributed by atoms with Gasteiger partial charge in [-0.2, -0.15) is 0 Å². The van der Waals surface area contributed by atoms with Gasteiger partial charge in [0.25, 0.3) is 5.91 Å². The lowest BCUT2D eigenvalue weighted by atomic mass is 10.1. The maximum atomic E-state index is 12.4. The molecule has 0 spiro atoms. The molecule has 0 bridgehead atoms. The number of nitrogens with zero attached hydrogens (tertiary/aromatic N) is 1. The summed E-state index contributed by atoms with van der Waals surface area (Å²) in [5, 5.41) is 8.84. The maximum Gasteiger partial charge on any atom is 0.371 e. The second-order valence-electron chi connectivity index (χ2n) is 5.14. The molecule has 5 nitrogen and oxygen atoms in total. The number of amides is 1. The molecule has 1 aliphatic carbocycles. The van der Waals surface area contributed by atoms with Crippen LogP contribution in [0.15, 0.2) is 40.8 Å². The highest BCUT2D eigenvalue weighted by Crippen LogP contribution is 2.35. The number of aromatic carboxylic acids is 1. The van der Waals surface area contributed by atoms with E-state index in [0.29, 0.717) is 0 Å². The summed E-state index contributed by atoms with van der Waals surface area (Å²) in [5.41, 5.74) is 2.41. The van der Waals surface area contributed by atoms with Crippen molar-refractivity contribution in [2.45, 2.75) is 18.9 Å². The predicted molar refractivity (Wildman–Crippen MR) is 75.3 cm³/mol. The van der Waals surface area contributed by atoms with E-state index in [1.807, 2.05) is 18.2 Å². The van der Waals surface area contributed by atoms with E-state index in [2.05, 4.69) is 6.07 Å². The molecule has 0 saturated carbocycles. The Labute approximate surface area is 121 Å². The van der Waals surface area contributed by atoms with Crippen molar-refractivity contribution in [1.29, 1.82) is 0 Å². The number of carbonyl (C=O) groups excluding carboxylic acids is 1. The SMILES string of the molecule is CN(C(=O)c1ccc(C(=O)O)o1)C1CCc2ccccc21. The lowest BCUT2D eigenvalue weighted by Gasteiger charge is -2.24. The highest BCUT2D eigenvalue weighted by Gasteiger charge is 2.30. The van der Waals surface area contributed by atoms with Crippen LogP contribution in [0.3, 0.4) is 0 Å². The fraction of sp³-hybridized carbons (Fsp3) is 0.250. The molecule has 5 heteroatoms. The normalized spacial score (nSPS) is 16.5. The zero-order valence-corrected chi connectivity index (χ0v) is 11.6. The molecule has 1 heterocycles. The van der Waals surface area contributed by atoms with E-state index in [4.69, 9.17) is 9.52 Å². The summed E-state index contributed by atoms with van der Waals surface area (Å²) in [6.45, 7) is 0. The van der Waals surface area contributed by atoms with E-state index in [9.17, 15) is 9.59 Å². The molecular weight excluding hydrogens is 270 g/mol. The standard InChI is InChI=1S/C16H15NO4/c1-17(12-7-6-10-4-2-3-5-11(10)12)15(18)13-8-9-14(21-13)16(19)20/h2-5,8-9,12H,6-7H2,1H3,(H,19,20). The summed E-state index contributed by atoms with van der Waals surface area (Å²) < 4.78 is 5.08. The molecule has 1 amide bonds. The third-order valence-corrected chi connectivity index (χ3v) is 3.92. The molecule has 1 N–H and O–H groups in total. The van der Waals surface area contributed by atoms with Crippen LogP contribution >= 0.6 is 0 Å².